The molecule has 0 aliphatic heterocycles. The summed E-state index contributed by atoms with van der Waals surface area (Å²) in [6.45, 7) is 2.09. The molecule has 2 aromatic heterocycles. The molecule has 3 aromatic rings. The Morgan fingerprint density at radius 2 is 1.96 bits per heavy atom. The van der Waals surface area contributed by atoms with Crippen LogP contribution in [0.15, 0.2) is 42.7 Å². The molecule has 27 heavy (non-hydrogen) atoms. The summed E-state index contributed by atoms with van der Waals surface area (Å²) in [5, 5.41) is 11.7. The van der Waals surface area contributed by atoms with Crippen LogP contribution in [-0.4, -0.2) is 33.4 Å². The van der Waals surface area contributed by atoms with Crippen molar-refractivity contribution in [2.75, 3.05) is 5.32 Å². The molecule has 1 fully saturated rings. The third-order valence-electron chi connectivity index (χ3n) is 5.25. The van der Waals surface area contributed by atoms with E-state index in [0.717, 1.165) is 54.4 Å². The van der Waals surface area contributed by atoms with Crippen molar-refractivity contribution in [2.45, 2.75) is 57.3 Å². The summed E-state index contributed by atoms with van der Waals surface area (Å²) < 4.78 is 19.2. The minimum atomic E-state index is -0.196. The molecule has 5 nitrogen and oxygen atoms in total. The fourth-order valence-corrected chi connectivity index (χ4v) is 3.85. The first-order valence-corrected chi connectivity index (χ1v) is 9.62. The number of hydrogen-bond donors (Lipinski definition) is 2. The van der Waals surface area contributed by atoms with Crippen molar-refractivity contribution >= 4 is 16.7 Å². The lowest BCUT2D eigenvalue weighted by Gasteiger charge is -2.31. The molecule has 1 unspecified atom stereocenters. The van der Waals surface area contributed by atoms with E-state index in [1.807, 2.05) is 24.4 Å². The summed E-state index contributed by atoms with van der Waals surface area (Å²) in [6, 6.07) is 9.02. The van der Waals surface area contributed by atoms with E-state index in [4.69, 9.17) is 4.74 Å². The number of aromatic amines is 1. The lowest BCUT2D eigenvalue weighted by atomic mass is 9.92. The first kappa shape index (κ1) is 17.9. The molecule has 1 aliphatic carbocycles. The van der Waals surface area contributed by atoms with Crippen LogP contribution in [0.25, 0.3) is 10.9 Å². The van der Waals surface area contributed by atoms with Crippen molar-refractivity contribution in [1.82, 2.24) is 15.2 Å². The van der Waals surface area contributed by atoms with Gasteiger partial charge in [0.15, 0.2) is 0 Å². The fourth-order valence-electron chi connectivity index (χ4n) is 3.85. The molecule has 2 N–H and O–H groups in total. The van der Waals surface area contributed by atoms with Crippen LogP contribution in [0, 0.1) is 5.82 Å². The van der Waals surface area contributed by atoms with Crippen molar-refractivity contribution in [1.29, 1.82) is 0 Å². The van der Waals surface area contributed by atoms with Crippen LogP contribution in [0.2, 0.25) is 0 Å². The highest BCUT2D eigenvalue weighted by Gasteiger charge is 2.24. The standard InChI is InChI=1S/C21H25FN4O/c1-14(12-15-2-4-16(22)5-3-15)27-18-8-6-17(7-9-18)25-21-19-13-24-26-20(19)10-11-23-21/h2-5,10-11,13-14,17-18H,6-9,12H2,1H3,(H,23,25)(H,24,26). The summed E-state index contributed by atoms with van der Waals surface area (Å²) in [5.74, 6) is 0.703. The minimum absolute atomic E-state index is 0.131. The molecule has 1 aromatic carbocycles. The number of aromatic nitrogens is 3. The Balaban J connectivity index is 1.26. The molecule has 0 bridgehead atoms. The van der Waals surface area contributed by atoms with E-state index in [0.29, 0.717) is 6.04 Å². The van der Waals surface area contributed by atoms with Gasteiger partial charge in [0.25, 0.3) is 0 Å². The lowest BCUT2D eigenvalue weighted by molar-refractivity contribution is -0.0216. The largest absolute Gasteiger partial charge is 0.375 e. The molecule has 4 rings (SSSR count). The molecule has 0 radical (unpaired) electrons. The van der Waals surface area contributed by atoms with Gasteiger partial charge >= 0.3 is 0 Å². The van der Waals surface area contributed by atoms with Gasteiger partial charge in [-0.25, -0.2) is 9.37 Å². The van der Waals surface area contributed by atoms with Gasteiger partial charge in [0.2, 0.25) is 0 Å². The highest BCUT2D eigenvalue weighted by atomic mass is 19.1. The molecule has 6 heteroatoms. The van der Waals surface area contributed by atoms with E-state index in [1.165, 1.54) is 12.1 Å². The fraction of sp³-hybridized carbons (Fsp3) is 0.429. The Morgan fingerprint density at radius 3 is 2.74 bits per heavy atom. The molecular weight excluding hydrogens is 343 g/mol. The SMILES string of the molecule is CC(Cc1ccc(F)cc1)OC1CCC(Nc2nccc3[nH]ncc23)CC1. The molecule has 1 saturated carbocycles. The van der Waals surface area contributed by atoms with E-state index in [9.17, 15) is 4.39 Å². The van der Waals surface area contributed by atoms with E-state index >= 15 is 0 Å². The summed E-state index contributed by atoms with van der Waals surface area (Å²) in [5.41, 5.74) is 2.11. The zero-order valence-electron chi connectivity index (χ0n) is 15.5. The third kappa shape index (κ3) is 4.45. The molecule has 142 valence electrons. The number of anilines is 1. The van der Waals surface area contributed by atoms with Gasteiger partial charge < -0.3 is 10.1 Å². The Hall–Kier alpha value is -2.47. The molecule has 2 heterocycles. The number of pyridine rings is 1. The maximum Gasteiger partial charge on any atom is 0.137 e. The Bertz CT molecular complexity index is 871. The number of hydrogen-bond acceptors (Lipinski definition) is 4. The van der Waals surface area contributed by atoms with Crippen molar-refractivity contribution in [3.05, 3.63) is 54.1 Å². The summed E-state index contributed by atoms with van der Waals surface area (Å²) in [4.78, 5) is 4.46. The second-order valence-corrected chi connectivity index (χ2v) is 7.39. The monoisotopic (exact) mass is 368 g/mol. The van der Waals surface area contributed by atoms with E-state index < -0.39 is 0 Å². The van der Waals surface area contributed by atoms with Gasteiger partial charge in [-0.3, -0.25) is 5.10 Å². The van der Waals surface area contributed by atoms with Crippen LogP contribution < -0.4 is 5.32 Å². The summed E-state index contributed by atoms with van der Waals surface area (Å²) in [7, 11) is 0. The number of nitrogens with one attached hydrogen (secondary N) is 2. The van der Waals surface area contributed by atoms with Crippen molar-refractivity contribution in [2.24, 2.45) is 0 Å². The van der Waals surface area contributed by atoms with Gasteiger partial charge in [-0.15, -0.1) is 0 Å². The van der Waals surface area contributed by atoms with Gasteiger partial charge in [-0.2, -0.15) is 5.10 Å². The summed E-state index contributed by atoms with van der Waals surface area (Å²) in [6.07, 6.45) is 9.03. The van der Waals surface area contributed by atoms with Crippen LogP contribution in [0.3, 0.4) is 0 Å². The third-order valence-corrected chi connectivity index (χ3v) is 5.25. The average molecular weight is 368 g/mol. The number of rotatable bonds is 6. The Morgan fingerprint density at radius 1 is 1.19 bits per heavy atom. The van der Waals surface area contributed by atoms with Crippen LogP contribution >= 0.6 is 0 Å². The number of nitrogens with zero attached hydrogens (tertiary/aromatic N) is 2. The number of ether oxygens (including phenoxy) is 1. The number of benzene rings is 1. The van der Waals surface area contributed by atoms with Gasteiger partial charge in [-0.05, 0) is 62.8 Å². The summed E-state index contributed by atoms with van der Waals surface area (Å²) >= 11 is 0. The quantitative estimate of drug-likeness (QED) is 0.674. The van der Waals surface area contributed by atoms with Gasteiger partial charge in [0, 0.05) is 12.2 Å². The number of halogens is 1. The first-order valence-electron chi connectivity index (χ1n) is 9.62. The first-order chi connectivity index (χ1) is 13.2. The van der Waals surface area contributed by atoms with Gasteiger partial charge in [0.1, 0.15) is 11.6 Å². The van der Waals surface area contributed by atoms with Crippen molar-refractivity contribution in [3.63, 3.8) is 0 Å². The second kappa shape index (κ2) is 8.05. The van der Waals surface area contributed by atoms with E-state index in [2.05, 4.69) is 27.4 Å². The average Bonchev–Trinajstić information content (AvgIpc) is 3.15. The number of H-pyrrole nitrogens is 1. The molecule has 1 aliphatic rings. The lowest BCUT2D eigenvalue weighted by Crippen LogP contribution is -2.32. The van der Waals surface area contributed by atoms with Gasteiger partial charge in [-0.1, -0.05) is 12.1 Å². The second-order valence-electron chi connectivity index (χ2n) is 7.39. The molecule has 0 spiro atoms. The number of fused-ring (bicyclic) bond motifs is 1. The van der Waals surface area contributed by atoms with Gasteiger partial charge in [0.05, 0.1) is 29.3 Å². The maximum absolute atomic E-state index is 13.0. The Labute approximate surface area is 158 Å². The molecule has 0 amide bonds. The predicted molar refractivity (Wildman–Crippen MR) is 104 cm³/mol. The highest BCUT2D eigenvalue weighted by molar-refractivity contribution is 5.88. The highest BCUT2D eigenvalue weighted by Crippen LogP contribution is 2.27. The van der Waals surface area contributed by atoms with Crippen LogP contribution in [0.1, 0.15) is 38.2 Å². The normalized spacial score (nSPS) is 21.3. The van der Waals surface area contributed by atoms with Crippen LogP contribution in [-0.2, 0) is 11.2 Å². The predicted octanol–water partition coefficient (Wildman–Crippen LogP) is 4.47. The zero-order valence-corrected chi connectivity index (χ0v) is 15.5. The zero-order chi connectivity index (χ0) is 18.6. The Kier molecular flexibility index (Phi) is 5.34. The minimum Gasteiger partial charge on any atom is -0.375 e. The molecular formula is C21H25FN4O. The molecule has 0 saturated heterocycles. The van der Waals surface area contributed by atoms with Crippen LogP contribution in [0.5, 0.6) is 0 Å². The van der Waals surface area contributed by atoms with E-state index in [-0.39, 0.29) is 18.0 Å². The maximum atomic E-state index is 13.0. The van der Waals surface area contributed by atoms with Crippen LogP contribution in [0.4, 0.5) is 10.2 Å². The topological polar surface area (TPSA) is 62.8 Å². The van der Waals surface area contributed by atoms with Crippen molar-refractivity contribution in [3.8, 4) is 0 Å². The molecule has 1 atom stereocenters. The van der Waals surface area contributed by atoms with E-state index in [1.54, 1.807) is 6.20 Å². The smallest absolute Gasteiger partial charge is 0.137 e. The van der Waals surface area contributed by atoms with Crippen molar-refractivity contribution < 1.29 is 9.13 Å².